The quantitative estimate of drug-likeness (QED) is 0.728. The summed E-state index contributed by atoms with van der Waals surface area (Å²) in [6, 6.07) is 0. The zero-order chi connectivity index (χ0) is 8.72. The van der Waals surface area contributed by atoms with Crippen molar-refractivity contribution in [2.24, 2.45) is 0 Å². The summed E-state index contributed by atoms with van der Waals surface area (Å²) < 4.78 is 0.857. The number of rotatable bonds is 0. The number of hydrogen-bond acceptors (Lipinski definition) is 3. The highest BCUT2D eigenvalue weighted by Crippen LogP contribution is 2.27. The Balaban J connectivity index is 2.98. The average Bonchev–Trinajstić information content (AvgIpc) is 2.42. The lowest BCUT2D eigenvalue weighted by Crippen LogP contribution is -1.90. The minimum absolute atomic E-state index is 0.451. The monoisotopic (exact) mass is 294 g/mol. The molecular weight excluding hydrogens is 290 g/mol. The zero-order valence-electron chi connectivity index (χ0n) is 5.81. The van der Waals surface area contributed by atoms with Crippen LogP contribution in [0.1, 0.15) is 0 Å². The molecule has 0 aliphatic carbocycles. The minimum atomic E-state index is 0.451. The van der Waals surface area contributed by atoms with Gasteiger partial charge in [-0.3, -0.25) is 5.10 Å². The smallest absolute Gasteiger partial charge is 0.135 e. The number of fused-ring (bicyclic) bond motifs is 1. The molecule has 0 aliphatic rings. The molecule has 2 heterocycles. The van der Waals surface area contributed by atoms with Crippen LogP contribution in [0.2, 0.25) is 5.02 Å². The minimum Gasteiger partial charge on any atom is -0.383 e. The predicted octanol–water partition coefficient (Wildman–Crippen LogP) is 1.80. The number of nitrogens with two attached hydrogens (primary N) is 1. The van der Waals surface area contributed by atoms with E-state index in [9.17, 15) is 0 Å². The molecule has 0 saturated heterocycles. The van der Waals surface area contributed by atoms with Gasteiger partial charge in [0, 0.05) is 0 Å². The van der Waals surface area contributed by atoms with Crippen molar-refractivity contribution in [2.75, 3.05) is 5.73 Å². The molecule has 3 N–H and O–H groups in total. The molecule has 0 unspecified atom stereocenters. The molecule has 0 bridgehead atoms. The largest absolute Gasteiger partial charge is 0.383 e. The highest BCUT2D eigenvalue weighted by Gasteiger charge is 2.09. The number of hydrogen-bond donors (Lipinski definition) is 2. The average molecular weight is 294 g/mol. The van der Waals surface area contributed by atoms with E-state index in [1.54, 1.807) is 0 Å². The van der Waals surface area contributed by atoms with Gasteiger partial charge in [-0.1, -0.05) is 11.6 Å². The fraction of sp³-hybridized carbons (Fsp3) is 0. The maximum absolute atomic E-state index is 5.84. The first-order valence-corrected chi connectivity index (χ1v) is 4.59. The zero-order valence-corrected chi connectivity index (χ0v) is 8.72. The van der Waals surface area contributed by atoms with E-state index in [0.29, 0.717) is 16.4 Å². The van der Waals surface area contributed by atoms with E-state index < -0.39 is 0 Å². The predicted molar refractivity (Wildman–Crippen MR) is 56.0 cm³/mol. The summed E-state index contributed by atoms with van der Waals surface area (Å²) in [6.07, 6.45) is 1.50. The summed E-state index contributed by atoms with van der Waals surface area (Å²) in [7, 11) is 0. The lowest BCUT2D eigenvalue weighted by Gasteiger charge is -1.95. The van der Waals surface area contributed by atoms with Gasteiger partial charge in [0.25, 0.3) is 0 Å². The first-order chi connectivity index (χ1) is 5.70. The Morgan fingerprint density at radius 3 is 3.00 bits per heavy atom. The molecule has 2 aromatic heterocycles. The number of pyridine rings is 1. The molecule has 62 valence electrons. The van der Waals surface area contributed by atoms with Crippen LogP contribution < -0.4 is 5.73 Å². The molecule has 0 radical (unpaired) electrons. The molecule has 2 aromatic rings. The summed E-state index contributed by atoms with van der Waals surface area (Å²) in [5.41, 5.74) is 6.31. The molecule has 0 saturated carbocycles. The van der Waals surface area contributed by atoms with Gasteiger partial charge in [0.1, 0.15) is 15.0 Å². The van der Waals surface area contributed by atoms with Crippen LogP contribution in [0.3, 0.4) is 0 Å². The SMILES string of the molecule is Nc1ncc(Cl)c2n[nH]c(I)c12. The van der Waals surface area contributed by atoms with Gasteiger partial charge in [0.05, 0.1) is 16.6 Å². The van der Waals surface area contributed by atoms with Crippen molar-refractivity contribution >= 4 is 50.9 Å². The maximum Gasteiger partial charge on any atom is 0.135 e. The maximum atomic E-state index is 5.84. The summed E-state index contributed by atoms with van der Waals surface area (Å²) in [5.74, 6) is 0.451. The summed E-state index contributed by atoms with van der Waals surface area (Å²) in [4.78, 5) is 3.92. The molecule has 4 nitrogen and oxygen atoms in total. The molecular formula is C6H4ClIN4. The third-order valence-electron chi connectivity index (χ3n) is 1.52. The summed E-state index contributed by atoms with van der Waals surface area (Å²) >= 11 is 7.94. The molecule has 0 atom stereocenters. The number of halogens is 2. The number of nitrogens with zero attached hydrogens (tertiary/aromatic N) is 2. The fourth-order valence-corrected chi connectivity index (χ4v) is 1.82. The Hall–Kier alpha value is -0.560. The van der Waals surface area contributed by atoms with Gasteiger partial charge in [-0.05, 0) is 22.6 Å². The Bertz CT molecular complexity index is 438. The number of H-pyrrole nitrogens is 1. The van der Waals surface area contributed by atoms with Crippen LogP contribution in [0, 0.1) is 3.70 Å². The van der Waals surface area contributed by atoms with Crippen molar-refractivity contribution in [1.82, 2.24) is 15.2 Å². The summed E-state index contributed by atoms with van der Waals surface area (Å²) in [5, 5.41) is 8.09. The van der Waals surface area contributed by atoms with E-state index in [4.69, 9.17) is 17.3 Å². The number of aromatic nitrogens is 3. The Morgan fingerprint density at radius 1 is 1.58 bits per heavy atom. The highest BCUT2D eigenvalue weighted by atomic mass is 127. The Labute approximate surface area is 86.6 Å². The molecule has 0 spiro atoms. The molecule has 6 heteroatoms. The molecule has 0 aliphatic heterocycles. The van der Waals surface area contributed by atoms with E-state index in [-0.39, 0.29) is 0 Å². The van der Waals surface area contributed by atoms with Crippen molar-refractivity contribution in [3.8, 4) is 0 Å². The second kappa shape index (κ2) is 2.74. The van der Waals surface area contributed by atoms with Crippen LogP contribution in [0.15, 0.2) is 6.20 Å². The number of aromatic amines is 1. The van der Waals surface area contributed by atoms with Gasteiger partial charge >= 0.3 is 0 Å². The lowest BCUT2D eigenvalue weighted by atomic mass is 10.3. The van der Waals surface area contributed by atoms with Crippen molar-refractivity contribution < 1.29 is 0 Å². The topological polar surface area (TPSA) is 67.6 Å². The Morgan fingerprint density at radius 2 is 2.33 bits per heavy atom. The fourth-order valence-electron chi connectivity index (χ4n) is 0.979. The number of nitrogens with one attached hydrogen (secondary N) is 1. The molecule has 0 aromatic carbocycles. The molecule has 2 rings (SSSR count). The third-order valence-corrected chi connectivity index (χ3v) is 2.58. The van der Waals surface area contributed by atoms with E-state index in [1.165, 1.54) is 6.20 Å². The van der Waals surface area contributed by atoms with Crippen molar-refractivity contribution in [3.05, 3.63) is 14.9 Å². The normalized spacial score (nSPS) is 10.8. The lowest BCUT2D eigenvalue weighted by molar-refractivity contribution is 1.09. The van der Waals surface area contributed by atoms with Gasteiger partial charge < -0.3 is 5.73 Å². The number of anilines is 1. The summed E-state index contributed by atoms with van der Waals surface area (Å²) in [6.45, 7) is 0. The first kappa shape index (κ1) is 8.06. The van der Waals surface area contributed by atoms with Crippen molar-refractivity contribution in [1.29, 1.82) is 0 Å². The van der Waals surface area contributed by atoms with Gasteiger partial charge in [-0.15, -0.1) is 0 Å². The van der Waals surface area contributed by atoms with Gasteiger partial charge in [0.2, 0.25) is 0 Å². The van der Waals surface area contributed by atoms with Crippen LogP contribution in [-0.2, 0) is 0 Å². The highest BCUT2D eigenvalue weighted by molar-refractivity contribution is 14.1. The third kappa shape index (κ3) is 1.04. The van der Waals surface area contributed by atoms with Crippen molar-refractivity contribution in [3.63, 3.8) is 0 Å². The molecule has 12 heavy (non-hydrogen) atoms. The van der Waals surface area contributed by atoms with E-state index in [1.807, 2.05) is 0 Å². The van der Waals surface area contributed by atoms with Gasteiger partial charge in [-0.25, -0.2) is 4.98 Å². The van der Waals surface area contributed by atoms with Crippen LogP contribution in [0.5, 0.6) is 0 Å². The second-order valence-electron chi connectivity index (χ2n) is 2.25. The van der Waals surface area contributed by atoms with Gasteiger partial charge in [0.15, 0.2) is 0 Å². The Kier molecular flexibility index (Phi) is 1.84. The van der Waals surface area contributed by atoms with Crippen LogP contribution in [0.4, 0.5) is 5.82 Å². The number of nitrogen functional groups attached to an aromatic ring is 1. The van der Waals surface area contributed by atoms with Crippen LogP contribution in [-0.4, -0.2) is 15.2 Å². The first-order valence-electron chi connectivity index (χ1n) is 3.13. The molecule has 0 amide bonds. The van der Waals surface area contributed by atoms with Gasteiger partial charge in [-0.2, -0.15) is 5.10 Å². The van der Waals surface area contributed by atoms with E-state index in [2.05, 4.69) is 37.8 Å². The second-order valence-corrected chi connectivity index (χ2v) is 3.74. The van der Waals surface area contributed by atoms with E-state index >= 15 is 0 Å². The van der Waals surface area contributed by atoms with Crippen LogP contribution >= 0.6 is 34.2 Å². The standard InChI is InChI=1S/C6H4ClIN4/c7-2-1-10-6(9)3-4(2)11-12-5(3)8/h1H,(H2,9,10)(H,11,12). The van der Waals surface area contributed by atoms with Crippen molar-refractivity contribution in [2.45, 2.75) is 0 Å². The van der Waals surface area contributed by atoms with E-state index in [0.717, 1.165) is 9.09 Å². The van der Waals surface area contributed by atoms with Crippen LogP contribution in [0.25, 0.3) is 10.9 Å². The molecule has 0 fully saturated rings.